The number of nitrogens with zero attached hydrogens (tertiary/aromatic N) is 8. The first-order chi connectivity index (χ1) is 17.5. The van der Waals surface area contributed by atoms with Crippen molar-refractivity contribution in [2.24, 2.45) is 0 Å². The number of piperidine rings is 1. The number of halogens is 5. The zero-order valence-electron chi connectivity index (χ0n) is 19.5. The smallest absolute Gasteiger partial charge is 0.355 e. The van der Waals surface area contributed by atoms with Crippen LogP contribution in [-0.2, 0) is 17.5 Å². The first-order valence-corrected chi connectivity index (χ1v) is 11.5. The van der Waals surface area contributed by atoms with Gasteiger partial charge in [-0.1, -0.05) is 0 Å². The number of pyridine rings is 1. The number of amides is 3. The second-order valence-corrected chi connectivity index (χ2v) is 8.74. The molecule has 0 saturated carbocycles. The lowest BCUT2D eigenvalue weighted by Crippen LogP contribution is -2.56. The van der Waals surface area contributed by atoms with Gasteiger partial charge in [0.1, 0.15) is 29.2 Å². The van der Waals surface area contributed by atoms with Gasteiger partial charge in [-0.15, -0.1) is 0 Å². The van der Waals surface area contributed by atoms with E-state index in [9.17, 15) is 31.5 Å². The lowest BCUT2D eigenvalue weighted by atomic mass is 9.86. The van der Waals surface area contributed by atoms with Crippen molar-refractivity contribution >= 4 is 34.7 Å². The van der Waals surface area contributed by atoms with E-state index in [0.29, 0.717) is 22.3 Å². The molecule has 2 saturated heterocycles. The molecule has 0 atom stereocenters. The van der Waals surface area contributed by atoms with Gasteiger partial charge in [0.05, 0.1) is 18.0 Å². The molecule has 0 radical (unpaired) electrons. The SMILES string of the molecule is CCN1C(=O)N(c2cc(C(F)(F)F)ccn2)C(=O)C12CCN(c1cnc3cnn(CC(F)F)c3n1)CC2. The van der Waals surface area contributed by atoms with Crippen LogP contribution in [0.5, 0.6) is 0 Å². The van der Waals surface area contributed by atoms with Crippen LogP contribution < -0.4 is 9.80 Å². The summed E-state index contributed by atoms with van der Waals surface area (Å²) in [7, 11) is 0. The van der Waals surface area contributed by atoms with E-state index in [-0.39, 0.29) is 43.9 Å². The second-order valence-electron chi connectivity index (χ2n) is 8.74. The number of hydrogen-bond acceptors (Lipinski definition) is 7. The summed E-state index contributed by atoms with van der Waals surface area (Å²) in [6.07, 6.45) is -3.19. The van der Waals surface area contributed by atoms with Crippen molar-refractivity contribution in [1.82, 2.24) is 29.6 Å². The highest BCUT2D eigenvalue weighted by molar-refractivity contribution is 6.23. The van der Waals surface area contributed by atoms with Crippen molar-refractivity contribution < 1.29 is 31.5 Å². The van der Waals surface area contributed by atoms with Crippen molar-refractivity contribution in [1.29, 1.82) is 0 Å². The summed E-state index contributed by atoms with van der Waals surface area (Å²) >= 11 is 0. The average Bonchev–Trinajstić information content (AvgIpc) is 3.34. The molecular weight excluding hydrogens is 503 g/mol. The van der Waals surface area contributed by atoms with Crippen LogP contribution in [0.4, 0.5) is 38.4 Å². The molecule has 2 aliphatic heterocycles. The monoisotopic (exact) mass is 524 g/mol. The molecule has 5 rings (SSSR count). The van der Waals surface area contributed by atoms with E-state index in [1.54, 1.807) is 6.92 Å². The van der Waals surface area contributed by atoms with E-state index < -0.39 is 42.2 Å². The molecule has 5 heterocycles. The number of fused-ring (bicyclic) bond motifs is 1. The molecule has 196 valence electrons. The minimum Gasteiger partial charge on any atom is -0.355 e. The Morgan fingerprint density at radius 1 is 1.08 bits per heavy atom. The first-order valence-electron chi connectivity index (χ1n) is 11.5. The Hall–Kier alpha value is -3.91. The largest absolute Gasteiger partial charge is 0.416 e. The molecule has 0 N–H and O–H groups in total. The molecule has 3 aromatic heterocycles. The third-order valence-electron chi connectivity index (χ3n) is 6.72. The summed E-state index contributed by atoms with van der Waals surface area (Å²) in [6.45, 7) is 1.75. The van der Waals surface area contributed by atoms with E-state index in [0.717, 1.165) is 16.9 Å². The second kappa shape index (κ2) is 8.88. The maximum absolute atomic E-state index is 13.6. The summed E-state index contributed by atoms with van der Waals surface area (Å²) in [6, 6.07) is 0.723. The van der Waals surface area contributed by atoms with Crippen molar-refractivity contribution in [3.8, 4) is 0 Å². The van der Waals surface area contributed by atoms with Crippen LogP contribution in [0.15, 0.2) is 30.7 Å². The van der Waals surface area contributed by atoms with E-state index in [2.05, 4.69) is 20.1 Å². The van der Waals surface area contributed by atoms with Crippen LogP contribution >= 0.6 is 0 Å². The van der Waals surface area contributed by atoms with Crippen molar-refractivity contribution in [2.45, 2.75) is 44.5 Å². The Morgan fingerprint density at radius 3 is 2.46 bits per heavy atom. The summed E-state index contributed by atoms with van der Waals surface area (Å²) in [4.78, 5) is 43.2. The number of imide groups is 1. The minimum absolute atomic E-state index is 0.165. The molecule has 1 spiro atoms. The van der Waals surface area contributed by atoms with E-state index >= 15 is 0 Å². The number of alkyl halides is 5. The molecule has 2 fully saturated rings. The third-order valence-corrected chi connectivity index (χ3v) is 6.72. The Labute approximate surface area is 206 Å². The number of carbonyl (C=O) groups is 2. The number of carbonyl (C=O) groups excluding carboxylic acids is 2. The fourth-order valence-electron chi connectivity index (χ4n) is 4.92. The van der Waals surface area contributed by atoms with Crippen LogP contribution in [0.25, 0.3) is 11.2 Å². The number of hydrogen-bond donors (Lipinski definition) is 0. The van der Waals surface area contributed by atoms with Gasteiger partial charge in [-0.3, -0.25) is 4.79 Å². The summed E-state index contributed by atoms with van der Waals surface area (Å²) < 4.78 is 66.5. The Morgan fingerprint density at radius 2 is 1.81 bits per heavy atom. The normalized spacial score (nSPS) is 18.2. The molecule has 0 bridgehead atoms. The topological polar surface area (TPSA) is 100 Å². The van der Waals surface area contributed by atoms with Crippen LogP contribution in [0.3, 0.4) is 0 Å². The molecular formula is C22H21F5N8O2. The number of aromatic nitrogens is 5. The fraction of sp³-hybridized carbons (Fsp3) is 0.455. The van der Waals surface area contributed by atoms with Gasteiger partial charge in [-0.2, -0.15) is 18.3 Å². The maximum Gasteiger partial charge on any atom is 0.416 e. The highest BCUT2D eigenvalue weighted by Crippen LogP contribution is 2.40. The van der Waals surface area contributed by atoms with Gasteiger partial charge in [-0.25, -0.2) is 38.1 Å². The number of likely N-dealkylation sites (N-methyl/N-ethyl adjacent to an activating group) is 1. The summed E-state index contributed by atoms with van der Waals surface area (Å²) in [5, 5.41) is 3.90. The molecule has 10 nitrogen and oxygen atoms in total. The van der Waals surface area contributed by atoms with Crippen LogP contribution in [0.1, 0.15) is 25.3 Å². The molecule has 15 heteroatoms. The summed E-state index contributed by atoms with van der Waals surface area (Å²) in [5.74, 6) is -0.622. The Kier molecular flexibility index (Phi) is 5.95. The van der Waals surface area contributed by atoms with E-state index in [4.69, 9.17) is 0 Å². The standard InChI is InChI=1S/C22H21F5N8O2/c1-2-33-20(37)35(16-9-13(3-6-28-16)22(25,26)27)19(36)21(33)4-7-32(8-5-21)17-11-29-14-10-30-34(12-15(23)24)18(14)31-17/h3,6,9-11,15H,2,4-5,7-8,12H2,1H3. The van der Waals surface area contributed by atoms with Crippen molar-refractivity contribution in [3.63, 3.8) is 0 Å². The number of rotatable bonds is 5. The van der Waals surface area contributed by atoms with E-state index in [1.165, 1.54) is 17.3 Å². The predicted octanol–water partition coefficient (Wildman–Crippen LogP) is 3.33. The number of urea groups is 1. The molecule has 3 aromatic rings. The van der Waals surface area contributed by atoms with Gasteiger partial charge in [0, 0.05) is 25.8 Å². The number of anilines is 2. The van der Waals surface area contributed by atoms with Gasteiger partial charge in [0.2, 0.25) is 0 Å². The van der Waals surface area contributed by atoms with Gasteiger partial charge < -0.3 is 9.80 Å². The van der Waals surface area contributed by atoms with Gasteiger partial charge in [0.15, 0.2) is 5.65 Å². The van der Waals surface area contributed by atoms with Gasteiger partial charge in [-0.05, 0) is 31.9 Å². The first kappa shape index (κ1) is 24.8. The average molecular weight is 524 g/mol. The molecule has 37 heavy (non-hydrogen) atoms. The van der Waals surface area contributed by atoms with Crippen molar-refractivity contribution in [2.75, 3.05) is 29.4 Å². The molecule has 0 aromatic carbocycles. The predicted molar refractivity (Wildman–Crippen MR) is 120 cm³/mol. The molecule has 0 aliphatic carbocycles. The zero-order chi connectivity index (χ0) is 26.5. The third kappa shape index (κ3) is 4.11. The Balaban J connectivity index is 1.40. The van der Waals surface area contributed by atoms with Gasteiger partial charge >= 0.3 is 12.2 Å². The minimum atomic E-state index is -4.66. The highest BCUT2D eigenvalue weighted by atomic mass is 19.4. The summed E-state index contributed by atoms with van der Waals surface area (Å²) in [5.41, 5.74) is -1.72. The zero-order valence-corrected chi connectivity index (χ0v) is 19.5. The van der Waals surface area contributed by atoms with Crippen molar-refractivity contribution in [3.05, 3.63) is 36.3 Å². The quantitative estimate of drug-likeness (QED) is 0.373. The van der Waals surface area contributed by atoms with Crippen LogP contribution in [0.2, 0.25) is 0 Å². The lowest BCUT2D eigenvalue weighted by Gasteiger charge is -2.42. The molecule has 2 aliphatic rings. The van der Waals surface area contributed by atoms with Crippen LogP contribution in [0, 0.1) is 0 Å². The van der Waals surface area contributed by atoms with Gasteiger partial charge in [0.25, 0.3) is 12.3 Å². The molecule has 3 amide bonds. The molecule has 0 unspecified atom stereocenters. The maximum atomic E-state index is 13.6. The Bertz CT molecular complexity index is 1350. The van der Waals surface area contributed by atoms with Crippen LogP contribution in [-0.4, -0.2) is 73.2 Å². The van der Waals surface area contributed by atoms with E-state index in [1.807, 2.05) is 4.90 Å². The lowest BCUT2D eigenvalue weighted by molar-refractivity contribution is -0.137. The fourth-order valence-corrected chi connectivity index (χ4v) is 4.92. The highest BCUT2D eigenvalue weighted by Gasteiger charge is 2.58.